The summed E-state index contributed by atoms with van der Waals surface area (Å²) in [6, 6.07) is 8.87. The second-order valence-corrected chi connectivity index (χ2v) is 4.26. The van der Waals surface area contributed by atoms with Crippen molar-refractivity contribution in [1.82, 2.24) is 20.1 Å². The number of rotatable bonds is 4. The average molecular weight is 230 g/mol. The van der Waals surface area contributed by atoms with Crippen LogP contribution < -0.4 is 5.32 Å². The molecule has 0 amide bonds. The fourth-order valence-corrected chi connectivity index (χ4v) is 1.87. The number of hydrogen-bond donors (Lipinski definition) is 1. The summed E-state index contributed by atoms with van der Waals surface area (Å²) < 4.78 is 1.82. The van der Waals surface area contributed by atoms with Crippen LogP contribution in [0.5, 0.6) is 0 Å². The van der Waals surface area contributed by atoms with E-state index in [9.17, 15) is 0 Å². The molecule has 0 aliphatic heterocycles. The zero-order valence-corrected chi connectivity index (χ0v) is 10.5. The number of likely N-dealkylation sites (N-methyl/N-ethyl adjacent to an activating group) is 1. The first-order chi connectivity index (χ1) is 8.20. The maximum absolute atomic E-state index is 4.26. The quantitative estimate of drug-likeness (QED) is 0.868. The van der Waals surface area contributed by atoms with E-state index in [0.717, 1.165) is 12.2 Å². The average Bonchev–Trinajstić information content (AvgIpc) is 2.73. The zero-order valence-electron chi connectivity index (χ0n) is 10.5. The van der Waals surface area contributed by atoms with E-state index in [0.29, 0.717) is 0 Å². The Morgan fingerprint density at radius 1 is 1.29 bits per heavy atom. The monoisotopic (exact) mass is 230 g/mol. The summed E-state index contributed by atoms with van der Waals surface area (Å²) in [6.07, 6.45) is 2.44. The molecule has 0 spiro atoms. The minimum Gasteiger partial charge on any atom is -0.313 e. The van der Waals surface area contributed by atoms with Gasteiger partial charge in [0.2, 0.25) is 0 Å². The molecule has 1 unspecified atom stereocenters. The van der Waals surface area contributed by atoms with E-state index < -0.39 is 0 Å². The van der Waals surface area contributed by atoms with Crippen LogP contribution in [0.3, 0.4) is 0 Å². The number of nitrogens with one attached hydrogen (secondary N) is 1. The fourth-order valence-electron chi connectivity index (χ4n) is 1.87. The van der Waals surface area contributed by atoms with Crippen LogP contribution >= 0.6 is 0 Å². The summed E-state index contributed by atoms with van der Waals surface area (Å²) in [4.78, 5) is 4.26. The van der Waals surface area contributed by atoms with Crippen molar-refractivity contribution in [2.45, 2.75) is 19.4 Å². The molecular formula is C13H18N4. The van der Waals surface area contributed by atoms with Gasteiger partial charge in [-0.2, -0.15) is 5.10 Å². The van der Waals surface area contributed by atoms with Crippen LogP contribution in [-0.4, -0.2) is 21.8 Å². The molecule has 0 aliphatic carbocycles. The SMILES string of the molecule is CNC(Cc1ncnn1C)c1ccc(C)cc1. The molecular weight excluding hydrogens is 212 g/mol. The maximum atomic E-state index is 4.26. The van der Waals surface area contributed by atoms with Crippen LogP contribution in [0.1, 0.15) is 23.0 Å². The molecule has 90 valence electrons. The predicted octanol–water partition coefficient (Wildman–Crippen LogP) is 1.63. The molecule has 4 heteroatoms. The van der Waals surface area contributed by atoms with E-state index in [1.807, 2.05) is 18.8 Å². The Morgan fingerprint density at radius 3 is 2.53 bits per heavy atom. The van der Waals surface area contributed by atoms with Gasteiger partial charge in [-0.1, -0.05) is 29.8 Å². The molecule has 0 saturated heterocycles. The van der Waals surface area contributed by atoms with Crippen LogP contribution in [0.25, 0.3) is 0 Å². The summed E-state index contributed by atoms with van der Waals surface area (Å²) in [5, 5.41) is 7.41. The highest BCUT2D eigenvalue weighted by Gasteiger charge is 2.12. The first-order valence-electron chi connectivity index (χ1n) is 5.77. The largest absolute Gasteiger partial charge is 0.313 e. The van der Waals surface area contributed by atoms with Gasteiger partial charge in [-0.25, -0.2) is 4.98 Å². The highest BCUT2D eigenvalue weighted by atomic mass is 15.3. The standard InChI is InChI=1S/C13H18N4/c1-10-4-6-11(7-5-10)12(14-2)8-13-15-9-16-17(13)3/h4-7,9,12,14H,8H2,1-3H3. The molecule has 2 rings (SSSR count). The molecule has 0 radical (unpaired) electrons. The molecule has 0 bridgehead atoms. The lowest BCUT2D eigenvalue weighted by Gasteiger charge is -2.16. The smallest absolute Gasteiger partial charge is 0.138 e. The van der Waals surface area contributed by atoms with Crippen molar-refractivity contribution in [3.05, 3.63) is 47.5 Å². The van der Waals surface area contributed by atoms with Gasteiger partial charge in [0.15, 0.2) is 0 Å². The van der Waals surface area contributed by atoms with Crippen molar-refractivity contribution in [2.24, 2.45) is 7.05 Å². The van der Waals surface area contributed by atoms with Gasteiger partial charge < -0.3 is 5.32 Å². The first kappa shape index (κ1) is 11.8. The zero-order chi connectivity index (χ0) is 12.3. The van der Waals surface area contributed by atoms with Gasteiger partial charge >= 0.3 is 0 Å². The van der Waals surface area contributed by atoms with E-state index in [4.69, 9.17) is 0 Å². The van der Waals surface area contributed by atoms with Crippen molar-refractivity contribution in [1.29, 1.82) is 0 Å². The highest BCUT2D eigenvalue weighted by molar-refractivity contribution is 5.24. The van der Waals surface area contributed by atoms with Crippen molar-refractivity contribution < 1.29 is 0 Å². The van der Waals surface area contributed by atoms with Crippen LogP contribution in [-0.2, 0) is 13.5 Å². The van der Waals surface area contributed by atoms with Gasteiger partial charge in [-0.3, -0.25) is 4.68 Å². The van der Waals surface area contributed by atoms with E-state index in [1.165, 1.54) is 11.1 Å². The first-order valence-corrected chi connectivity index (χ1v) is 5.77. The predicted molar refractivity (Wildman–Crippen MR) is 67.7 cm³/mol. The number of hydrogen-bond acceptors (Lipinski definition) is 3. The van der Waals surface area contributed by atoms with Crippen LogP contribution in [0.2, 0.25) is 0 Å². The highest BCUT2D eigenvalue weighted by Crippen LogP contribution is 2.17. The summed E-state index contributed by atoms with van der Waals surface area (Å²) in [7, 11) is 3.89. The van der Waals surface area contributed by atoms with Crippen LogP contribution in [0, 0.1) is 6.92 Å². The Labute approximate surface area is 102 Å². The normalized spacial score (nSPS) is 12.6. The van der Waals surface area contributed by atoms with E-state index in [-0.39, 0.29) is 6.04 Å². The summed E-state index contributed by atoms with van der Waals surface area (Å²) >= 11 is 0. The molecule has 1 N–H and O–H groups in total. The van der Waals surface area contributed by atoms with Gasteiger partial charge in [-0.15, -0.1) is 0 Å². The molecule has 0 saturated carbocycles. The summed E-state index contributed by atoms with van der Waals surface area (Å²) in [5.41, 5.74) is 2.56. The van der Waals surface area contributed by atoms with Crippen molar-refractivity contribution >= 4 is 0 Å². The van der Waals surface area contributed by atoms with Gasteiger partial charge in [0.25, 0.3) is 0 Å². The molecule has 1 atom stereocenters. The topological polar surface area (TPSA) is 42.7 Å². The van der Waals surface area contributed by atoms with Crippen LogP contribution in [0.15, 0.2) is 30.6 Å². The van der Waals surface area contributed by atoms with E-state index in [2.05, 4.69) is 46.6 Å². The number of aromatic nitrogens is 3. The van der Waals surface area contributed by atoms with Gasteiger partial charge in [0.05, 0.1) is 0 Å². The third-order valence-corrected chi connectivity index (χ3v) is 3.02. The molecule has 2 aromatic rings. The lowest BCUT2D eigenvalue weighted by Crippen LogP contribution is -2.20. The third kappa shape index (κ3) is 2.71. The van der Waals surface area contributed by atoms with Crippen molar-refractivity contribution in [3.8, 4) is 0 Å². The third-order valence-electron chi connectivity index (χ3n) is 3.02. The van der Waals surface area contributed by atoms with Crippen molar-refractivity contribution in [2.75, 3.05) is 7.05 Å². The Hall–Kier alpha value is -1.68. The second-order valence-electron chi connectivity index (χ2n) is 4.26. The summed E-state index contributed by atoms with van der Waals surface area (Å²) in [6.45, 7) is 2.10. The van der Waals surface area contributed by atoms with Crippen molar-refractivity contribution in [3.63, 3.8) is 0 Å². The number of aryl methyl sites for hydroxylation is 2. The Kier molecular flexibility index (Phi) is 3.54. The molecule has 17 heavy (non-hydrogen) atoms. The fraction of sp³-hybridized carbons (Fsp3) is 0.385. The molecule has 0 aliphatic rings. The Morgan fingerprint density at radius 2 is 2.00 bits per heavy atom. The lowest BCUT2D eigenvalue weighted by molar-refractivity contribution is 0.553. The Bertz CT molecular complexity index is 472. The van der Waals surface area contributed by atoms with Gasteiger partial charge in [-0.05, 0) is 19.5 Å². The van der Waals surface area contributed by atoms with E-state index in [1.54, 1.807) is 6.33 Å². The molecule has 4 nitrogen and oxygen atoms in total. The van der Waals surface area contributed by atoms with Gasteiger partial charge in [0.1, 0.15) is 12.2 Å². The minimum absolute atomic E-state index is 0.276. The lowest BCUT2D eigenvalue weighted by atomic mass is 10.0. The Balaban J connectivity index is 2.17. The summed E-state index contributed by atoms with van der Waals surface area (Å²) in [5.74, 6) is 0.991. The minimum atomic E-state index is 0.276. The molecule has 1 heterocycles. The number of benzene rings is 1. The maximum Gasteiger partial charge on any atom is 0.138 e. The molecule has 1 aromatic heterocycles. The number of nitrogens with zero attached hydrogens (tertiary/aromatic N) is 3. The van der Waals surface area contributed by atoms with Gasteiger partial charge in [0, 0.05) is 19.5 Å². The molecule has 0 fully saturated rings. The molecule has 1 aromatic carbocycles. The van der Waals surface area contributed by atoms with E-state index >= 15 is 0 Å². The van der Waals surface area contributed by atoms with Crippen LogP contribution in [0.4, 0.5) is 0 Å². The second kappa shape index (κ2) is 5.10.